The number of nitrogens with two attached hydrogens (primary N) is 1. The van der Waals surface area contributed by atoms with E-state index in [2.05, 4.69) is 25.9 Å². The Morgan fingerprint density at radius 2 is 2.03 bits per heavy atom. The molecule has 166 valence electrons. The lowest BCUT2D eigenvalue weighted by atomic mass is 10.2. The number of nitrogens with one attached hydrogen (secondary N) is 3. The monoisotopic (exact) mass is 439 g/mol. The number of nitrogens with zero attached hydrogens (tertiary/aromatic N) is 3. The maximum Gasteiger partial charge on any atom is 0.273 e. The van der Waals surface area contributed by atoms with Crippen molar-refractivity contribution in [3.63, 3.8) is 0 Å². The van der Waals surface area contributed by atoms with Gasteiger partial charge in [0, 0.05) is 11.8 Å². The van der Waals surface area contributed by atoms with Crippen LogP contribution in [0.5, 0.6) is 5.75 Å². The number of nitro groups is 1. The highest BCUT2D eigenvalue weighted by Gasteiger charge is 2.29. The number of anilines is 2. The number of aryl methyl sites for hydroxylation is 1. The molecule has 0 radical (unpaired) electrons. The van der Waals surface area contributed by atoms with Gasteiger partial charge in [-0.3, -0.25) is 25.0 Å². The number of para-hydroxylation sites is 1. The highest BCUT2D eigenvalue weighted by molar-refractivity contribution is 6.11. The summed E-state index contributed by atoms with van der Waals surface area (Å²) in [6, 6.07) is 10.2. The largest absolute Gasteiger partial charge is 0.494 e. The fourth-order valence-corrected chi connectivity index (χ4v) is 2.89. The Bertz CT molecular complexity index is 1130. The first kappa shape index (κ1) is 22.2. The molecule has 2 amide bonds. The predicted octanol–water partition coefficient (Wildman–Crippen LogP) is 1.52. The van der Waals surface area contributed by atoms with Gasteiger partial charge >= 0.3 is 0 Å². The molecule has 0 aromatic heterocycles. The Kier molecular flexibility index (Phi) is 6.63. The minimum atomic E-state index is -0.996. The van der Waals surface area contributed by atoms with E-state index in [9.17, 15) is 19.7 Å². The van der Waals surface area contributed by atoms with Gasteiger partial charge in [0.25, 0.3) is 11.6 Å². The Labute approximate surface area is 182 Å². The summed E-state index contributed by atoms with van der Waals surface area (Å²) in [4.78, 5) is 43.0. The van der Waals surface area contributed by atoms with Crippen molar-refractivity contribution in [2.75, 3.05) is 17.7 Å². The molecule has 5 N–H and O–H groups in total. The topological polar surface area (TPSA) is 173 Å². The Balaban J connectivity index is 1.65. The van der Waals surface area contributed by atoms with Crippen LogP contribution in [0.2, 0.25) is 0 Å². The van der Waals surface area contributed by atoms with Crippen LogP contribution in [0.15, 0.2) is 52.4 Å². The van der Waals surface area contributed by atoms with Crippen molar-refractivity contribution in [3.05, 3.63) is 58.1 Å². The molecule has 2 aromatic rings. The first-order valence-corrected chi connectivity index (χ1v) is 9.44. The molecule has 0 aliphatic carbocycles. The first-order valence-electron chi connectivity index (χ1n) is 9.44. The molecule has 1 heterocycles. The average Bonchev–Trinajstić information content (AvgIpc) is 3.08. The molecule has 1 atom stereocenters. The fraction of sp³-hybridized carbons (Fsp3) is 0.200. The smallest absolute Gasteiger partial charge is 0.273 e. The van der Waals surface area contributed by atoms with Crippen molar-refractivity contribution in [1.29, 1.82) is 0 Å². The summed E-state index contributed by atoms with van der Waals surface area (Å²) >= 11 is 0. The van der Waals surface area contributed by atoms with Gasteiger partial charge in [-0.2, -0.15) is 4.99 Å². The van der Waals surface area contributed by atoms with Crippen LogP contribution < -0.4 is 26.4 Å². The van der Waals surface area contributed by atoms with Gasteiger partial charge < -0.3 is 21.1 Å². The maximum atomic E-state index is 12.4. The number of hydrogen-bond donors (Lipinski definition) is 4. The number of carbonyl (C=O) groups is 2. The van der Waals surface area contributed by atoms with Crippen LogP contribution in [-0.2, 0) is 9.59 Å². The molecule has 0 spiro atoms. The van der Waals surface area contributed by atoms with Gasteiger partial charge in [-0.25, -0.2) is 4.99 Å². The van der Waals surface area contributed by atoms with Gasteiger partial charge in [-0.05, 0) is 24.6 Å². The lowest BCUT2D eigenvalue weighted by Crippen LogP contribution is -2.32. The van der Waals surface area contributed by atoms with E-state index < -0.39 is 22.8 Å². The van der Waals surface area contributed by atoms with Crippen LogP contribution >= 0.6 is 0 Å². The first-order chi connectivity index (χ1) is 15.3. The SMILES string of the molecule is COc1cc([N+](=O)[O-])ccc1NC(=O)CC1N=C(/N=C(\N)Nc2ccccc2C)NC1=O. The fourth-order valence-electron chi connectivity index (χ4n) is 2.89. The van der Waals surface area contributed by atoms with Crippen LogP contribution in [0, 0.1) is 17.0 Å². The quantitative estimate of drug-likeness (QED) is 0.228. The van der Waals surface area contributed by atoms with E-state index >= 15 is 0 Å². The zero-order valence-corrected chi connectivity index (χ0v) is 17.3. The van der Waals surface area contributed by atoms with E-state index in [1.165, 1.54) is 25.3 Å². The summed E-state index contributed by atoms with van der Waals surface area (Å²) in [5.74, 6) is -0.902. The minimum absolute atomic E-state index is 0.0145. The minimum Gasteiger partial charge on any atom is -0.494 e. The standard InChI is InChI=1S/C20H21N7O5/c1-11-5-3-4-6-13(11)23-19(21)26-20-24-15(18(29)25-20)10-17(28)22-14-8-7-12(27(30)31)9-16(14)32-2/h3-9,15H,10H2,1-2H3,(H,22,28)(H4,21,23,24,25,26,29). The summed E-state index contributed by atoms with van der Waals surface area (Å²) in [6.07, 6.45) is -0.268. The van der Waals surface area contributed by atoms with E-state index in [0.717, 1.165) is 11.3 Å². The third-order valence-corrected chi connectivity index (χ3v) is 4.50. The lowest BCUT2D eigenvalue weighted by molar-refractivity contribution is -0.384. The number of aliphatic imine (C=N–C) groups is 2. The maximum absolute atomic E-state index is 12.4. The number of non-ortho nitro benzene ring substituents is 1. The molecule has 12 heteroatoms. The van der Waals surface area contributed by atoms with E-state index in [4.69, 9.17) is 10.5 Å². The second-order valence-corrected chi connectivity index (χ2v) is 6.79. The molecule has 0 saturated carbocycles. The van der Waals surface area contributed by atoms with Crippen LogP contribution in [0.4, 0.5) is 17.1 Å². The third kappa shape index (κ3) is 5.36. The molecule has 1 aliphatic rings. The van der Waals surface area contributed by atoms with Crippen molar-refractivity contribution in [2.24, 2.45) is 15.7 Å². The van der Waals surface area contributed by atoms with Crippen LogP contribution in [0.25, 0.3) is 0 Å². The van der Waals surface area contributed by atoms with Gasteiger partial charge in [-0.15, -0.1) is 0 Å². The highest BCUT2D eigenvalue weighted by Crippen LogP contribution is 2.29. The van der Waals surface area contributed by atoms with E-state index in [1.54, 1.807) is 0 Å². The number of carbonyl (C=O) groups excluding carboxylic acids is 2. The molecule has 32 heavy (non-hydrogen) atoms. The van der Waals surface area contributed by atoms with Crippen molar-refractivity contribution in [2.45, 2.75) is 19.4 Å². The van der Waals surface area contributed by atoms with Gasteiger partial charge in [0.2, 0.25) is 17.8 Å². The number of hydrogen-bond acceptors (Lipinski definition) is 7. The number of benzene rings is 2. The Morgan fingerprint density at radius 1 is 1.28 bits per heavy atom. The van der Waals surface area contributed by atoms with Crippen molar-refractivity contribution in [3.8, 4) is 5.75 Å². The third-order valence-electron chi connectivity index (χ3n) is 4.50. The number of amides is 2. The van der Waals surface area contributed by atoms with E-state index in [0.29, 0.717) is 0 Å². The van der Waals surface area contributed by atoms with E-state index in [-0.39, 0.29) is 35.5 Å². The average molecular weight is 439 g/mol. The molecule has 3 rings (SSSR count). The molecule has 0 fully saturated rings. The van der Waals surface area contributed by atoms with Gasteiger partial charge in [0.1, 0.15) is 11.8 Å². The highest BCUT2D eigenvalue weighted by atomic mass is 16.6. The molecule has 1 unspecified atom stereocenters. The number of methoxy groups -OCH3 is 1. The summed E-state index contributed by atoms with van der Waals surface area (Å²) in [5.41, 5.74) is 7.64. The number of ether oxygens (including phenoxy) is 1. The number of rotatable bonds is 6. The summed E-state index contributed by atoms with van der Waals surface area (Å²) in [7, 11) is 1.32. The lowest BCUT2D eigenvalue weighted by Gasteiger charge is -2.10. The summed E-state index contributed by atoms with van der Waals surface area (Å²) < 4.78 is 5.08. The number of guanidine groups is 2. The molecule has 12 nitrogen and oxygen atoms in total. The molecule has 0 saturated heterocycles. The number of nitro benzene ring substituents is 1. The second-order valence-electron chi connectivity index (χ2n) is 6.79. The molecular formula is C20H21N7O5. The predicted molar refractivity (Wildman–Crippen MR) is 119 cm³/mol. The van der Waals surface area contributed by atoms with Gasteiger partial charge in [-0.1, -0.05) is 18.2 Å². The normalized spacial score (nSPS) is 15.6. The van der Waals surface area contributed by atoms with Crippen molar-refractivity contribution >= 4 is 40.8 Å². The molecular weight excluding hydrogens is 418 g/mol. The molecule has 1 aliphatic heterocycles. The second kappa shape index (κ2) is 9.55. The van der Waals surface area contributed by atoms with Gasteiger partial charge in [0.15, 0.2) is 0 Å². The Morgan fingerprint density at radius 3 is 2.72 bits per heavy atom. The van der Waals surface area contributed by atoms with Crippen molar-refractivity contribution in [1.82, 2.24) is 5.32 Å². The van der Waals surface area contributed by atoms with E-state index in [1.807, 2.05) is 31.2 Å². The van der Waals surface area contributed by atoms with Crippen LogP contribution in [0.1, 0.15) is 12.0 Å². The van der Waals surface area contributed by atoms with Crippen molar-refractivity contribution < 1.29 is 19.2 Å². The zero-order chi connectivity index (χ0) is 23.3. The van der Waals surface area contributed by atoms with Crippen LogP contribution in [0.3, 0.4) is 0 Å². The molecule has 0 bridgehead atoms. The van der Waals surface area contributed by atoms with Crippen LogP contribution in [-0.4, -0.2) is 41.8 Å². The molecule has 2 aromatic carbocycles. The Hall–Kier alpha value is -4.48. The summed E-state index contributed by atoms with van der Waals surface area (Å²) in [5, 5.41) is 18.8. The summed E-state index contributed by atoms with van der Waals surface area (Å²) in [6.45, 7) is 1.90. The zero-order valence-electron chi connectivity index (χ0n) is 17.3. The van der Waals surface area contributed by atoms with Gasteiger partial charge in [0.05, 0.1) is 30.2 Å².